The minimum Gasteiger partial charge on any atom is -0.467 e. The molecule has 26 heavy (non-hydrogen) atoms. The van der Waals surface area contributed by atoms with Gasteiger partial charge in [-0.1, -0.05) is 33.1 Å². The molecule has 2 aromatic rings. The van der Waals surface area contributed by atoms with Crippen LogP contribution in [0.3, 0.4) is 0 Å². The topological polar surface area (TPSA) is 77.6 Å². The molecule has 0 fully saturated rings. The average Bonchev–Trinajstić information content (AvgIpc) is 3.34. The van der Waals surface area contributed by atoms with Crippen LogP contribution in [0.2, 0.25) is 0 Å². The molecule has 0 bridgehead atoms. The fourth-order valence-electron chi connectivity index (χ4n) is 2.71. The molecule has 0 aliphatic rings. The largest absolute Gasteiger partial charge is 0.467 e. The quantitative estimate of drug-likeness (QED) is 0.474. The van der Waals surface area contributed by atoms with Crippen LogP contribution in [0.4, 0.5) is 4.79 Å². The Bertz CT molecular complexity index is 652. The van der Waals surface area contributed by atoms with Gasteiger partial charge in [-0.15, -0.1) is 0 Å². The van der Waals surface area contributed by atoms with Gasteiger partial charge >= 0.3 is 12.0 Å². The Morgan fingerprint density at radius 2 is 2.15 bits per heavy atom. The first-order valence-electron chi connectivity index (χ1n) is 9.15. The van der Waals surface area contributed by atoms with E-state index >= 15 is 0 Å². The highest BCUT2D eigenvalue weighted by Crippen LogP contribution is 2.15. The van der Waals surface area contributed by atoms with Crippen molar-refractivity contribution in [3.8, 4) is 0 Å². The van der Waals surface area contributed by atoms with E-state index in [-0.39, 0.29) is 18.5 Å². The Balaban J connectivity index is 2.07. The number of unbranched alkanes of at least 4 members (excludes halogenated alkanes) is 3. The first-order chi connectivity index (χ1) is 12.7. The fourth-order valence-corrected chi connectivity index (χ4v) is 2.71. The second-order valence-corrected chi connectivity index (χ2v) is 6.11. The highest BCUT2D eigenvalue weighted by Gasteiger charge is 2.31. The van der Waals surface area contributed by atoms with Gasteiger partial charge in [-0.3, -0.25) is 4.57 Å². The van der Waals surface area contributed by atoms with E-state index in [1.54, 1.807) is 24.6 Å². The van der Waals surface area contributed by atoms with Crippen molar-refractivity contribution < 1.29 is 18.7 Å². The van der Waals surface area contributed by atoms with Gasteiger partial charge in [-0.05, 0) is 25.0 Å². The van der Waals surface area contributed by atoms with Crippen LogP contribution < -0.4 is 0 Å². The molecule has 0 spiro atoms. The number of carbonyl (C=O) groups excluding carboxylic acids is 2. The van der Waals surface area contributed by atoms with Crippen LogP contribution >= 0.6 is 0 Å². The Labute approximate surface area is 153 Å². The van der Waals surface area contributed by atoms with Gasteiger partial charge in [-0.2, -0.15) is 0 Å². The van der Waals surface area contributed by atoms with Crippen LogP contribution in [0, 0.1) is 0 Å². The number of carbonyl (C=O) groups is 2. The Morgan fingerprint density at radius 1 is 1.31 bits per heavy atom. The van der Waals surface area contributed by atoms with Crippen LogP contribution in [0.15, 0.2) is 41.5 Å². The summed E-state index contributed by atoms with van der Waals surface area (Å²) in [5.41, 5.74) is 0. The number of amides is 1. The molecule has 0 aliphatic heterocycles. The smallest absolute Gasteiger partial charge is 0.330 e. The lowest BCUT2D eigenvalue weighted by Crippen LogP contribution is -2.46. The molecule has 0 unspecified atom stereocenters. The molecule has 0 aliphatic carbocycles. The summed E-state index contributed by atoms with van der Waals surface area (Å²) in [6, 6.07) is 2.51. The predicted octanol–water partition coefficient (Wildman–Crippen LogP) is 3.85. The molecular weight excluding hydrogens is 334 g/mol. The third kappa shape index (κ3) is 5.47. The molecule has 0 radical (unpaired) electrons. The van der Waals surface area contributed by atoms with E-state index in [2.05, 4.69) is 11.9 Å². The summed E-state index contributed by atoms with van der Waals surface area (Å²) in [6.07, 6.45) is 10.6. The summed E-state index contributed by atoms with van der Waals surface area (Å²) >= 11 is 0. The summed E-state index contributed by atoms with van der Waals surface area (Å²) in [6.45, 7) is 4.56. The van der Waals surface area contributed by atoms with E-state index in [4.69, 9.17) is 9.15 Å². The van der Waals surface area contributed by atoms with Crippen LogP contribution in [-0.4, -0.2) is 39.1 Å². The number of imidazole rings is 1. The second kappa shape index (κ2) is 10.4. The normalized spacial score (nSPS) is 11.9. The van der Waals surface area contributed by atoms with Crippen molar-refractivity contribution >= 4 is 12.0 Å². The van der Waals surface area contributed by atoms with E-state index in [0.717, 1.165) is 25.7 Å². The van der Waals surface area contributed by atoms with Crippen LogP contribution in [0.1, 0.15) is 51.7 Å². The summed E-state index contributed by atoms with van der Waals surface area (Å²) in [7, 11) is 0. The number of furan rings is 1. The average molecular weight is 361 g/mol. The first-order valence-corrected chi connectivity index (χ1v) is 9.15. The minimum atomic E-state index is -0.679. The summed E-state index contributed by atoms with van der Waals surface area (Å²) in [5.74, 6) is 0.219. The number of nitrogens with zero attached hydrogens (tertiary/aromatic N) is 3. The van der Waals surface area contributed by atoms with Gasteiger partial charge in [0.05, 0.1) is 19.4 Å². The van der Waals surface area contributed by atoms with E-state index in [9.17, 15) is 9.59 Å². The van der Waals surface area contributed by atoms with Crippen LogP contribution in [0.25, 0.3) is 0 Å². The number of hydrogen-bond acceptors (Lipinski definition) is 5. The minimum absolute atomic E-state index is 0.188. The molecule has 0 saturated carbocycles. The number of rotatable bonds is 10. The summed E-state index contributed by atoms with van der Waals surface area (Å²) in [4.78, 5) is 30.8. The SMILES string of the molecule is CCCCCCOC(=O)[C@@H](CC)N(Cc1ccco1)C(=O)n1ccnc1. The first kappa shape index (κ1) is 19.8. The van der Waals surface area contributed by atoms with Crippen molar-refractivity contribution in [1.29, 1.82) is 0 Å². The van der Waals surface area contributed by atoms with Crippen molar-refractivity contribution in [2.75, 3.05) is 6.61 Å². The van der Waals surface area contributed by atoms with Crippen molar-refractivity contribution in [2.45, 2.75) is 58.5 Å². The zero-order valence-electron chi connectivity index (χ0n) is 15.5. The maximum Gasteiger partial charge on any atom is 0.330 e. The maximum atomic E-state index is 12.9. The number of hydrogen-bond donors (Lipinski definition) is 0. The van der Waals surface area contributed by atoms with Crippen molar-refractivity contribution in [1.82, 2.24) is 14.5 Å². The molecule has 7 nitrogen and oxygen atoms in total. The van der Waals surface area contributed by atoms with Crippen molar-refractivity contribution in [3.63, 3.8) is 0 Å². The van der Waals surface area contributed by atoms with Crippen LogP contribution in [-0.2, 0) is 16.1 Å². The molecule has 2 rings (SSSR count). The zero-order chi connectivity index (χ0) is 18.8. The summed E-state index contributed by atoms with van der Waals surface area (Å²) < 4.78 is 12.1. The number of ether oxygens (including phenoxy) is 1. The van der Waals surface area contributed by atoms with Gasteiger partial charge in [0.25, 0.3) is 0 Å². The molecule has 1 amide bonds. The highest BCUT2D eigenvalue weighted by atomic mass is 16.5. The van der Waals surface area contributed by atoms with Crippen molar-refractivity contribution in [2.24, 2.45) is 0 Å². The van der Waals surface area contributed by atoms with Crippen LogP contribution in [0.5, 0.6) is 0 Å². The van der Waals surface area contributed by atoms with E-state index in [1.165, 1.54) is 22.0 Å². The molecule has 7 heteroatoms. The fraction of sp³-hybridized carbons (Fsp3) is 0.526. The number of esters is 1. The van der Waals surface area contributed by atoms with Gasteiger partial charge in [0, 0.05) is 12.4 Å². The summed E-state index contributed by atoms with van der Waals surface area (Å²) in [5, 5.41) is 0. The van der Waals surface area contributed by atoms with Gasteiger partial charge in [0.2, 0.25) is 0 Å². The standard InChI is InChI=1S/C19H27N3O4/c1-3-5-6-7-12-26-18(23)17(4-2)22(14-16-9-8-13-25-16)19(24)21-11-10-20-15-21/h8-11,13,15,17H,3-7,12,14H2,1-2H3/t17-/m1/s1. The molecular formula is C19H27N3O4. The third-order valence-electron chi connectivity index (χ3n) is 4.15. The Morgan fingerprint density at radius 3 is 2.77 bits per heavy atom. The lowest BCUT2D eigenvalue weighted by atomic mass is 10.2. The van der Waals surface area contributed by atoms with E-state index in [1.807, 2.05) is 6.92 Å². The van der Waals surface area contributed by atoms with E-state index < -0.39 is 6.04 Å². The zero-order valence-corrected chi connectivity index (χ0v) is 15.5. The predicted molar refractivity (Wildman–Crippen MR) is 96.5 cm³/mol. The molecule has 2 aromatic heterocycles. The van der Waals surface area contributed by atoms with Gasteiger partial charge in [-0.25, -0.2) is 14.6 Å². The molecule has 0 N–H and O–H groups in total. The number of aromatic nitrogens is 2. The lowest BCUT2D eigenvalue weighted by Gasteiger charge is -2.28. The third-order valence-corrected chi connectivity index (χ3v) is 4.15. The molecule has 2 heterocycles. The maximum absolute atomic E-state index is 12.9. The van der Waals surface area contributed by atoms with Gasteiger partial charge in [0.15, 0.2) is 0 Å². The van der Waals surface area contributed by atoms with Crippen molar-refractivity contribution in [3.05, 3.63) is 42.9 Å². The monoisotopic (exact) mass is 361 g/mol. The van der Waals surface area contributed by atoms with E-state index in [0.29, 0.717) is 18.8 Å². The Hall–Kier alpha value is -2.57. The second-order valence-electron chi connectivity index (χ2n) is 6.11. The molecule has 0 aromatic carbocycles. The molecule has 0 saturated heterocycles. The van der Waals surface area contributed by atoms with Gasteiger partial charge in [0.1, 0.15) is 18.1 Å². The highest BCUT2D eigenvalue weighted by molar-refractivity contribution is 5.84. The lowest BCUT2D eigenvalue weighted by molar-refractivity contribution is -0.149. The molecule has 1 atom stereocenters. The van der Waals surface area contributed by atoms with Gasteiger partial charge < -0.3 is 14.1 Å². The molecule has 142 valence electrons. The Kier molecular flexibility index (Phi) is 7.92.